The highest BCUT2D eigenvalue weighted by molar-refractivity contribution is 5.87. The molecule has 2 amide bonds. The van der Waals surface area contributed by atoms with Crippen molar-refractivity contribution in [2.45, 2.75) is 76.8 Å². The average Bonchev–Trinajstić information content (AvgIpc) is 3.15. The van der Waals surface area contributed by atoms with Crippen LogP contribution >= 0.6 is 0 Å². The van der Waals surface area contributed by atoms with E-state index in [1.807, 2.05) is 9.80 Å². The maximum absolute atomic E-state index is 12.6. The standard InChI is InChI=1S/C19H33N3O2/c1-3-16(2)20-13-6-8-19(10-14-20)9-7-17(23)22(19)15-18(24)21-11-4-5-12-21/h16H,3-15H2,1-2H3/t16-,19+/m1/s1. The lowest BCUT2D eigenvalue weighted by Crippen LogP contribution is -2.51. The number of amides is 2. The van der Waals surface area contributed by atoms with Gasteiger partial charge in [0, 0.05) is 37.6 Å². The molecule has 136 valence electrons. The van der Waals surface area contributed by atoms with Crippen molar-refractivity contribution in [3.8, 4) is 0 Å². The maximum Gasteiger partial charge on any atom is 0.242 e. The average molecular weight is 335 g/mol. The zero-order valence-corrected chi connectivity index (χ0v) is 15.4. The quantitative estimate of drug-likeness (QED) is 0.791. The van der Waals surface area contributed by atoms with E-state index in [0.717, 1.165) is 64.7 Å². The first-order chi connectivity index (χ1) is 11.6. The number of likely N-dealkylation sites (tertiary alicyclic amines) is 3. The molecule has 0 aromatic carbocycles. The van der Waals surface area contributed by atoms with Crippen molar-refractivity contribution in [3.63, 3.8) is 0 Å². The van der Waals surface area contributed by atoms with Crippen molar-refractivity contribution in [2.75, 3.05) is 32.7 Å². The third-order valence-electron chi connectivity index (χ3n) is 6.60. The molecular formula is C19H33N3O2. The fourth-order valence-corrected chi connectivity index (χ4v) is 4.75. The molecule has 5 heteroatoms. The Labute approximate surface area is 146 Å². The lowest BCUT2D eigenvalue weighted by Gasteiger charge is -2.38. The van der Waals surface area contributed by atoms with Crippen molar-refractivity contribution in [3.05, 3.63) is 0 Å². The summed E-state index contributed by atoms with van der Waals surface area (Å²) in [4.78, 5) is 31.6. The molecule has 3 aliphatic heterocycles. The predicted octanol–water partition coefficient (Wildman–Crippen LogP) is 2.25. The molecule has 3 saturated heterocycles. The number of nitrogens with zero attached hydrogens (tertiary/aromatic N) is 3. The van der Waals surface area contributed by atoms with Crippen molar-refractivity contribution >= 4 is 11.8 Å². The summed E-state index contributed by atoms with van der Waals surface area (Å²) in [6.07, 6.45) is 8.15. The molecule has 1 spiro atoms. The summed E-state index contributed by atoms with van der Waals surface area (Å²) in [5.41, 5.74) is -0.0608. The number of carbonyl (C=O) groups excluding carboxylic acids is 2. The zero-order chi connectivity index (χ0) is 17.2. The van der Waals surface area contributed by atoms with E-state index in [1.165, 1.54) is 6.42 Å². The molecule has 0 aromatic rings. The Morgan fingerprint density at radius 1 is 1.08 bits per heavy atom. The smallest absolute Gasteiger partial charge is 0.242 e. The highest BCUT2D eigenvalue weighted by Gasteiger charge is 2.46. The highest BCUT2D eigenvalue weighted by Crippen LogP contribution is 2.39. The predicted molar refractivity (Wildman–Crippen MR) is 94.7 cm³/mol. The molecule has 0 unspecified atom stereocenters. The Balaban J connectivity index is 1.68. The largest absolute Gasteiger partial charge is 0.341 e. The molecule has 24 heavy (non-hydrogen) atoms. The summed E-state index contributed by atoms with van der Waals surface area (Å²) >= 11 is 0. The Hall–Kier alpha value is -1.10. The third-order valence-corrected chi connectivity index (χ3v) is 6.60. The van der Waals surface area contributed by atoms with Gasteiger partial charge >= 0.3 is 0 Å². The van der Waals surface area contributed by atoms with Gasteiger partial charge in [-0.2, -0.15) is 0 Å². The second-order valence-electron chi connectivity index (χ2n) is 7.94. The lowest BCUT2D eigenvalue weighted by molar-refractivity contribution is -0.141. The lowest BCUT2D eigenvalue weighted by atomic mass is 9.87. The van der Waals surface area contributed by atoms with Crippen molar-refractivity contribution in [2.24, 2.45) is 0 Å². The summed E-state index contributed by atoms with van der Waals surface area (Å²) in [7, 11) is 0. The summed E-state index contributed by atoms with van der Waals surface area (Å²) in [5.74, 6) is 0.352. The van der Waals surface area contributed by atoms with E-state index < -0.39 is 0 Å². The van der Waals surface area contributed by atoms with Gasteiger partial charge in [0.2, 0.25) is 11.8 Å². The molecule has 5 nitrogen and oxygen atoms in total. The van der Waals surface area contributed by atoms with Crippen LogP contribution in [0.25, 0.3) is 0 Å². The van der Waals surface area contributed by atoms with Gasteiger partial charge in [0.15, 0.2) is 0 Å². The fraction of sp³-hybridized carbons (Fsp3) is 0.895. The molecule has 2 atom stereocenters. The molecular weight excluding hydrogens is 302 g/mol. The molecule has 0 aromatic heterocycles. The molecule has 3 heterocycles. The van der Waals surface area contributed by atoms with Gasteiger partial charge in [-0.05, 0) is 58.4 Å². The number of hydrogen-bond acceptors (Lipinski definition) is 3. The van der Waals surface area contributed by atoms with Crippen LogP contribution in [0.3, 0.4) is 0 Å². The molecule has 0 saturated carbocycles. The summed E-state index contributed by atoms with van der Waals surface area (Å²) in [5, 5.41) is 0. The molecule has 0 aliphatic carbocycles. The van der Waals surface area contributed by atoms with Gasteiger partial charge in [-0.1, -0.05) is 6.92 Å². The molecule has 3 aliphatic rings. The summed E-state index contributed by atoms with van der Waals surface area (Å²) in [6, 6.07) is 0.608. The van der Waals surface area contributed by atoms with E-state index in [9.17, 15) is 9.59 Å². The van der Waals surface area contributed by atoms with Gasteiger partial charge in [0.1, 0.15) is 6.54 Å². The Kier molecular flexibility index (Phi) is 5.48. The minimum Gasteiger partial charge on any atom is -0.341 e. The van der Waals surface area contributed by atoms with Crippen LogP contribution in [0.1, 0.15) is 65.2 Å². The number of carbonyl (C=O) groups is 2. The van der Waals surface area contributed by atoms with E-state index in [-0.39, 0.29) is 17.4 Å². The van der Waals surface area contributed by atoms with Crippen LogP contribution in [-0.2, 0) is 9.59 Å². The Morgan fingerprint density at radius 2 is 1.83 bits per heavy atom. The normalized spacial score (nSPS) is 30.2. The Bertz CT molecular complexity index is 475. The number of rotatable bonds is 4. The van der Waals surface area contributed by atoms with Crippen LogP contribution in [0.2, 0.25) is 0 Å². The third kappa shape index (κ3) is 3.46. The van der Waals surface area contributed by atoms with Crippen LogP contribution in [-0.4, -0.2) is 70.8 Å². The molecule has 0 N–H and O–H groups in total. The molecule has 3 rings (SSSR count). The Morgan fingerprint density at radius 3 is 2.54 bits per heavy atom. The van der Waals surface area contributed by atoms with Crippen LogP contribution in [0.4, 0.5) is 0 Å². The highest BCUT2D eigenvalue weighted by atomic mass is 16.2. The zero-order valence-electron chi connectivity index (χ0n) is 15.4. The van der Waals surface area contributed by atoms with Gasteiger partial charge < -0.3 is 14.7 Å². The molecule has 3 fully saturated rings. The van der Waals surface area contributed by atoms with E-state index in [4.69, 9.17) is 0 Å². The van der Waals surface area contributed by atoms with E-state index in [2.05, 4.69) is 18.7 Å². The second-order valence-corrected chi connectivity index (χ2v) is 7.94. The minimum atomic E-state index is -0.0608. The van der Waals surface area contributed by atoms with Gasteiger partial charge in [-0.3, -0.25) is 9.59 Å². The number of hydrogen-bond donors (Lipinski definition) is 0. The van der Waals surface area contributed by atoms with Crippen LogP contribution in [0, 0.1) is 0 Å². The van der Waals surface area contributed by atoms with E-state index >= 15 is 0 Å². The van der Waals surface area contributed by atoms with Crippen LogP contribution in [0.5, 0.6) is 0 Å². The fourth-order valence-electron chi connectivity index (χ4n) is 4.75. The van der Waals surface area contributed by atoms with Crippen molar-refractivity contribution < 1.29 is 9.59 Å². The van der Waals surface area contributed by atoms with Gasteiger partial charge in [-0.15, -0.1) is 0 Å². The molecule has 0 radical (unpaired) electrons. The van der Waals surface area contributed by atoms with Gasteiger partial charge in [-0.25, -0.2) is 0 Å². The minimum absolute atomic E-state index is 0.0608. The first-order valence-electron chi connectivity index (χ1n) is 9.88. The molecule has 0 bridgehead atoms. The first-order valence-corrected chi connectivity index (χ1v) is 9.88. The van der Waals surface area contributed by atoms with Crippen LogP contribution in [0.15, 0.2) is 0 Å². The summed E-state index contributed by atoms with van der Waals surface area (Å²) in [6.45, 7) is 8.76. The van der Waals surface area contributed by atoms with Crippen LogP contribution < -0.4 is 0 Å². The topological polar surface area (TPSA) is 43.9 Å². The maximum atomic E-state index is 12.6. The van der Waals surface area contributed by atoms with Gasteiger partial charge in [0.25, 0.3) is 0 Å². The van der Waals surface area contributed by atoms with Crippen molar-refractivity contribution in [1.82, 2.24) is 14.7 Å². The SMILES string of the molecule is CC[C@@H](C)N1CCC[C@]2(CCC(=O)N2CC(=O)N2CCCC2)CC1. The van der Waals surface area contributed by atoms with Gasteiger partial charge in [0.05, 0.1) is 0 Å². The monoisotopic (exact) mass is 335 g/mol. The van der Waals surface area contributed by atoms with Crippen molar-refractivity contribution in [1.29, 1.82) is 0 Å². The van der Waals surface area contributed by atoms with E-state index in [1.54, 1.807) is 0 Å². The summed E-state index contributed by atoms with van der Waals surface area (Å²) < 4.78 is 0. The second kappa shape index (κ2) is 7.42. The van der Waals surface area contributed by atoms with E-state index in [0.29, 0.717) is 19.0 Å². The first kappa shape index (κ1) is 17.7.